The van der Waals surface area contributed by atoms with E-state index in [0.717, 1.165) is 25.9 Å². The molecule has 0 radical (unpaired) electrons. The summed E-state index contributed by atoms with van der Waals surface area (Å²) < 4.78 is 13.7. The highest BCUT2D eigenvalue weighted by Gasteiger charge is 2.28. The van der Waals surface area contributed by atoms with Gasteiger partial charge < -0.3 is 9.80 Å². The Morgan fingerprint density at radius 3 is 2.90 bits per heavy atom. The van der Waals surface area contributed by atoms with Gasteiger partial charge in [0.2, 0.25) is 5.91 Å². The van der Waals surface area contributed by atoms with Crippen molar-refractivity contribution in [3.8, 4) is 0 Å². The fourth-order valence-corrected chi connectivity index (χ4v) is 3.18. The molecule has 0 saturated carbocycles. The van der Waals surface area contributed by atoms with E-state index in [9.17, 15) is 9.18 Å². The number of likely N-dealkylation sites (N-methyl/N-ethyl adjacent to an activating group) is 1. The lowest BCUT2D eigenvalue weighted by Crippen LogP contribution is -2.41. The quantitative estimate of drug-likeness (QED) is 0.834. The molecule has 0 spiro atoms. The summed E-state index contributed by atoms with van der Waals surface area (Å²) >= 11 is 6.00. The predicted octanol–water partition coefficient (Wildman–Crippen LogP) is 2.96. The van der Waals surface area contributed by atoms with Crippen molar-refractivity contribution >= 4 is 17.5 Å². The number of halogens is 2. The molecule has 3 nitrogen and oxygen atoms in total. The van der Waals surface area contributed by atoms with Crippen LogP contribution >= 0.6 is 11.6 Å². The lowest BCUT2D eigenvalue weighted by molar-refractivity contribution is -0.132. The standard InChI is InChI=1S/C16H22ClFN2O/c1-19(2)11-12-5-4-10-20(12)16(21)9-8-13-14(17)6-3-7-15(13)18/h3,6-7,12H,4-5,8-11H2,1-2H3/t12-/m1/s1. The minimum Gasteiger partial charge on any atom is -0.338 e. The average molecular weight is 313 g/mol. The van der Waals surface area contributed by atoms with Crippen LogP contribution in [0.15, 0.2) is 18.2 Å². The molecule has 0 N–H and O–H groups in total. The minimum atomic E-state index is -0.332. The average Bonchev–Trinajstić information content (AvgIpc) is 2.85. The van der Waals surface area contributed by atoms with Gasteiger partial charge in [-0.1, -0.05) is 17.7 Å². The molecule has 116 valence electrons. The number of carbonyl (C=O) groups is 1. The van der Waals surface area contributed by atoms with Gasteiger partial charge in [-0.2, -0.15) is 0 Å². The highest BCUT2D eigenvalue weighted by atomic mass is 35.5. The molecule has 0 bridgehead atoms. The van der Waals surface area contributed by atoms with Gasteiger partial charge in [0, 0.05) is 36.1 Å². The Hall–Kier alpha value is -1.13. The smallest absolute Gasteiger partial charge is 0.223 e. The highest BCUT2D eigenvalue weighted by molar-refractivity contribution is 6.31. The fourth-order valence-electron chi connectivity index (χ4n) is 2.92. The molecule has 1 fully saturated rings. The van der Waals surface area contributed by atoms with Gasteiger partial charge in [-0.05, 0) is 45.5 Å². The largest absolute Gasteiger partial charge is 0.338 e. The van der Waals surface area contributed by atoms with Gasteiger partial charge in [0.05, 0.1) is 0 Å². The van der Waals surface area contributed by atoms with Crippen LogP contribution in [0.3, 0.4) is 0 Å². The van der Waals surface area contributed by atoms with E-state index >= 15 is 0 Å². The Kier molecular flexibility index (Phi) is 5.59. The Morgan fingerprint density at radius 2 is 2.24 bits per heavy atom. The van der Waals surface area contributed by atoms with Gasteiger partial charge in [0.15, 0.2) is 0 Å². The molecule has 1 aliphatic heterocycles. The molecule has 1 heterocycles. The molecule has 1 atom stereocenters. The zero-order chi connectivity index (χ0) is 15.4. The number of nitrogens with zero attached hydrogens (tertiary/aromatic N) is 2. The highest BCUT2D eigenvalue weighted by Crippen LogP contribution is 2.23. The second-order valence-electron chi connectivity index (χ2n) is 5.85. The molecule has 2 rings (SSSR count). The maximum absolute atomic E-state index is 13.7. The third-order valence-electron chi connectivity index (χ3n) is 3.92. The SMILES string of the molecule is CN(C)C[C@H]1CCCN1C(=O)CCc1c(F)cccc1Cl. The normalized spacial score (nSPS) is 18.5. The second-order valence-corrected chi connectivity index (χ2v) is 6.25. The van der Waals surface area contributed by atoms with Crippen LogP contribution in [-0.4, -0.2) is 48.9 Å². The van der Waals surface area contributed by atoms with Crippen LogP contribution in [0, 0.1) is 5.82 Å². The Labute approximate surface area is 130 Å². The van der Waals surface area contributed by atoms with E-state index in [4.69, 9.17) is 11.6 Å². The number of carbonyl (C=O) groups excluding carboxylic acids is 1. The van der Waals surface area contributed by atoms with Gasteiger partial charge in [-0.15, -0.1) is 0 Å². The molecular formula is C16H22ClFN2O. The van der Waals surface area contributed by atoms with E-state index in [2.05, 4.69) is 4.90 Å². The van der Waals surface area contributed by atoms with E-state index in [0.29, 0.717) is 23.4 Å². The topological polar surface area (TPSA) is 23.6 Å². The molecule has 1 aliphatic rings. The van der Waals surface area contributed by atoms with Crippen LogP contribution in [0.5, 0.6) is 0 Å². The van der Waals surface area contributed by atoms with Crippen molar-refractivity contribution in [2.75, 3.05) is 27.2 Å². The van der Waals surface area contributed by atoms with Crippen LogP contribution in [0.25, 0.3) is 0 Å². The number of hydrogen-bond donors (Lipinski definition) is 0. The molecule has 1 saturated heterocycles. The van der Waals surface area contributed by atoms with Crippen molar-refractivity contribution in [1.29, 1.82) is 0 Å². The van der Waals surface area contributed by atoms with Crippen LogP contribution in [0.1, 0.15) is 24.8 Å². The van der Waals surface area contributed by atoms with Crippen molar-refractivity contribution in [3.05, 3.63) is 34.6 Å². The van der Waals surface area contributed by atoms with Gasteiger partial charge in [-0.25, -0.2) is 4.39 Å². The van der Waals surface area contributed by atoms with E-state index in [1.807, 2.05) is 19.0 Å². The zero-order valence-corrected chi connectivity index (χ0v) is 13.4. The van der Waals surface area contributed by atoms with Crippen molar-refractivity contribution < 1.29 is 9.18 Å². The maximum atomic E-state index is 13.7. The summed E-state index contributed by atoms with van der Waals surface area (Å²) in [7, 11) is 4.03. The summed E-state index contributed by atoms with van der Waals surface area (Å²) in [5.41, 5.74) is 0.441. The van der Waals surface area contributed by atoms with Crippen LogP contribution in [-0.2, 0) is 11.2 Å². The van der Waals surface area contributed by atoms with Crippen molar-refractivity contribution in [2.24, 2.45) is 0 Å². The zero-order valence-electron chi connectivity index (χ0n) is 12.6. The van der Waals surface area contributed by atoms with Gasteiger partial charge >= 0.3 is 0 Å². The molecule has 1 aromatic carbocycles. The van der Waals surface area contributed by atoms with Crippen molar-refractivity contribution in [2.45, 2.75) is 31.7 Å². The van der Waals surface area contributed by atoms with Crippen molar-refractivity contribution in [3.63, 3.8) is 0 Å². The predicted molar refractivity (Wildman–Crippen MR) is 83.0 cm³/mol. The molecular weight excluding hydrogens is 291 g/mol. The summed E-state index contributed by atoms with van der Waals surface area (Å²) in [4.78, 5) is 16.4. The lowest BCUT2D eigenvalue weighted by atomic mass is 10.1. The Morgan fingerprint density at radius 1 is 1.48 bits per heavy atom. The van der Waals surface area contributed by atoms with Gasteiger partial charge in [0.25, 0.3) is 0 Å². The van der Waals surface area contributed by atoms with E-state index < -0.39 is 0 Å². The summed E-state index contributed by atoms with van der Waals surface area (Å²) in [6.45, 7) is 1.69. The van der Waals surface area contributed by atoms with E-state index in [1.165, 1.54) is 6.07 Å². The Bertz CT molecular complexity index is 487. The first-order chi connectivity index (χ1) is 9.99. The minimum absolute atomic E-state index is 0.0960. The number of amides is 1. The first-order valence-electron chi connectivity index (χ1n) is 7.36. The fraction of sp³-hybridized carbons (Fsp3) is 0.562. The van der Waals surface area contributed by atoms with Crippen LogP contribution in [0.2, 0.25) is 5.02 Å². The number of likely N-dealkylation sites (tertiary alicyclic amines) is 1. The molecule has 0 aromatic heterocycles. The summed E-state index contributed by atoms with van der Waals surface area (Å²) in [6, 6.07) is 4.91. The van der Waals surface area contributed by atoms with E-state index in [1.54, 1.807) is 12.1 Å². The molecule has 0 aliphatic carbocycles. The lowest BCUT2D eigenvalue weighted by Gasteiger charge is -2.27. The van der Waals surface area contributed by atoms with Gasteiger partial charge in [-0.3, -0.25) is 4.79 Å². The summed E-state index contributed by atoms with van der Waals surface area (Å²) in [5.74, 6) is -0.236. The monoisotopic (exact) mass is 312 g/mol. The second kappa shape index (κ2) is 7.23. The van der Waals surface area contributed by atoms with Crippen LogP contribution in [0.4, 0.5) is 4.39 Å². The summed E-state index contributed by atoms with van der Waals surface area (Å²) in [6.07, 6.45) is 2.76. The molecule has 21 heavy (non-hydrogen) atoms. The number of benzene rings is 1. The van der Waals surface area contributed by atoms with Crippen molar-refractivity contribution in [1.82, 2.24) is 9.80 Å². The first-order valence-corrected chi connectivity index (χ1v) is 7.74. The van der Waals surface area contributed by atoms with Gasteiger partial charge in [0.1, 0.15) is 5.82 Å². The number of hydrogen-bond acceptors (Lipinski definition) is 2. The molecule has 1 amide bonds. The third kappa shape index (κ3) is 4.17. The first kappa shape index (κ1) is 16.2. The third-order valence-corrected chi connectivity index (χ3v) is 4.28. The number of rotatable bonds is 5. The van der Waals surface area contributed by atoms with Crippen LogP contribution < -0.4 is 0 Å². The molecule has 0 unspecified atom stereocenters. The molecule has 1 aromatic rings. The molecule has 5 heteroatoms. The summed E-state index contributed by atoms with van der Waals surface area (Å²) in [5, 5.41) is 0.397. The maximum Gasteiger partial charge on any atom is 0.223 e. The Balaban J connectivity index is 1.95. The van der Waals surface area contributed by atoms with E-state index in [-0.39, 0.29) is 17.8 Å².